The van der Waals surface area contributed by atoms with Crippen LogP contribution in [0, 0.1) is 26.6 Å². The normalized spacial score (nSPS) is 14.5. The first-order chi connectivity index (χ1) is 18.4. The van der Waals surface area contributed by atoms with E-state index in [0.29, 0.717) is 12.1 Å². The molecule has 1 aliphatic rings. The third-order valence-electron chi connectivity index (χ3n) is 6.99. The molecule has 5 aromatic rings. The van der Waals surface area contributed by atoms with Gasteiger partial charge in [-0.05, 0) is 86.0 Å². The first-order valence-electron chi connectivity index (χ1n) is 12.6. The third-order valence-corrected chi connectivity index (χ3v) is 6.99. The van der Waals surface area contributed by atoms with Gasteiger partial charge in [-0.15, -0.1) is 0 Å². The highest BCUT2D eigenvalue weighted by atomic mass is 19.1. The van der Waals surface area contributed by atoms with Gasteiger partial charge in [-0.1, -0.05) is 36.4 Å². The molecule has 0 saturated carbocycles. The molecule has 0 saturated heterocycles. The molecule has 3 aromatic carbocycles. The number of aromatic nitrogens is 3. The monoisotopic (exact) mass is 505 g/mol. The molecule has 1 N–H and O–H groups in total. The van der Waals surface area contributed by atoms with Crippen molar-refractivity contribution in [2.24, 2.45) is 0 Å². The summed E-state index contributed by atoms with van der Waals surface area (Å²) in [6, 6.07) is 25.5. The van der Waals surface area contributed by atoms with Crippen LogP contribution in [-0.4, -0.2) is 25.3 Å². The summed E-state index contributed by atoms with van der Waals surface area (Å²) in [6.07, 6.45) is 1.98. The quantitative estimate of drug-likeness (QED) is 0.291. The molecule has 6 nitrogen and oxygen atoms in total. The number of rotatable bonds is 3. The average Bonchev–Trinajstić information content (AvgIpc) is 3.44. The van der Waals surface area contributed by atoms with Crippen molar-refractivity contribution in [1.82, 2.24) is 19.2 Å². The topological polar surface area (TPSA) is 55.1 Å². The Balaban J connectivity index is 1.54. The molecule has 0 aliphatic carbocycles. The van der Waals surface area contributed by atoms with E-state index < -0.39 is 6.04 Å². The Kier molecular flexibility index (Phi) is 5.83. The first kappa shape index (κ1) is 23.7. The lowest BCUT2D eigenvalue weighted by molar-refractivity contribution is 0.194. The molecule has 0 unspecified atom stereocenters. The molecule has 3 heterocycles. The number of nitrogens with one attached hydrogen (secondary N) is 1. The molecule has 1 aliphatic heterocycles. The van der Waals surface area contributed by atoms with E-state index in [1.54, 1.807) is 11.0 Å². The number of para-hydroxylation sites is 1. The Bertz CT molecular complexity index is 1630. The van der Waals surface area contributed by atoms with Crippen LogP contribution in [0.4, 0.5) is 14.9 Å². The number of anilines is 1. The van der Waals surface area contributed by atoms with E-state index in [2.05, 4.69) is 16.0 Å². The summed E-state index contributed by atoms with van der Waals surface area (Å²) in [4.78, 5) is 15.8. The van der Waals surface area contributed by atoms with Gasteiger partial charge in [0.25, 0.3) is 0 Å². The zero-order chi connectivity index (χ0) is 26.4. The lowest BCUT2D eigenvalue weighted by Crippen LogP contribution is -2.38. The fourth-order valence-electron chi connectivity index (χ4n) is 5.42. The van der Waals surface area contributed by atoms with Crippen LogP contribution < -0.4 is 5.32 Å². The Morgan fingerprint density at radius 3 is 2.42 bits per heavy atom. The van der Waals surface area contributed by atoms with E-state index >= 15 is 0 Å². The lowest BCUT2D eigenvalue weighted by Gasteiger charge is -2.31. The van der Waals surface area contributed by atoms with Crippen LogP contribution >= 0.6 is 0 Å². The zero-order valence-electron chi connectivity index (χ0n) is 21.5. The van der Waals surface area contributed by atoms with Crippen molar-refractivity contribution < 1.29 is 9.18 Å². The van der Waals surface area contributed by atoms with Crippen molar-refractivity contribution in [3.63, 3.8) is 0 Å². The van der Waals surface area contributed by atoms with Gasteiger partial charge in [0.05, 0.1) is 29.7 Å². The average molecular weight is 506 g/mol. The summed E-state index contributed by atoms with van der Waals surface area (Å²) in [5, 5.41) is 7.98. The molecule has 6 rings (SSSR count). The van der Waals surface area contributed by atoms with Crippen molar-refractivity contribution in [2.75, 3.05) is 5.32 Å². The van der Waals surface area contributed by atoms with E-state index in [1.807, 2.05) is 92.3 Å². The number of urea groups is 1. The molecule has 7 heteroatoms. The highest BCUT2D eigenvalue weighted by Crippen LogP contribution is 2.39. The van der Waals surface area contributed by atoms with Crippen molar-refractivity contribution in [3.05, 3.63) is 131 Å². The van der Waals surface area contributed by atoms with Gasteiger partial charge >= 0.3 is 6.03 Å². The number of nitrogens with zero attached hydrogens (tertiary/aromatic N) is 4. The number of fused-ring (bicyclic) bond motifs is 3. The minimum Gasteiger partial charge on any atom is -0.308 e. The van der Waals surface area contributed by atoms with E-state index in [0.717, 1.165) is 45.3 Å². The molecular formula is C31H28FN5O. The van der Waals surface area contributed by atoms with E-state index in [9.17, 15) is 9.18 Å². The summed E-state index contributed by atoms with van der Waals surface area (Å²) in [6.45, 7) is 6.27. The fourth-order valence-corrected chi connectivity index (χ4v) is 5.42. The predicted molar refractivity (Wildman–Crippen MR) is 146 cm³/mol. The van der Waals surface area contributed by atoms with Gasteiger partial charge in [-0.2, -0.15) is 5.10 Å². The molecule has 2 amide bonds. The highest BCUT2D eigenvalue weighted by Gasteiger charge is 2.36. The first-order valence-corrected chi connectivity index (χ1v) is 12.6. The van der Waals surface area contributed by atoms with Crippen LogP contribution in [-0.2, 0) is 6.54 Å². The van der Waals surface area contributed by atoms with Gasteiger partial charge in [0.1, 0.15) is 11.6 Å². The molecule has 0 spiro atoms. The number of aryl methyl sites for hydroxylation is 3. The van der Waals surface area contributed by atoms with Gasteiger partial charge in [-0.25, -0.2) is 13.9 Å². The van der Waals surface area contributed by atoms with E-state index in [1.165, 1.54) is 12.1 Å². The Hall–Kier alpha value is -4.65. The number of benzene rings is 3. The molecule has 0 fully saturated rings. The van der Waals surface area contributed by atoms with Crippen molar-refractivity contribution in [1.29, 1.82) is 0 Å². The summed E-state index contributed by atoms with van der Waals surface area (Å²) < 4.78 is 18.5. The molecule has 2 aromatic heterocycles. The van der Waals surface area contributed by atoms with Crippen LogP contribution in [0.1, 0.15) is 39.7 Å². The Morgan fingerprint density at radius 1 is 0.921 bits per heavy atom. The molecular weight excluding hydrogens is 477 g/mol. The van der Waals surface area contributed by atoms with Gasteiger partial charge in [0.2, 0.25) is 0 Å². The molecule has 38 heavy (non-hydrogen) atoms. The van der Waals surface area contributed by atoms with Gasteiger partial charge in [-0.3, -0.25) is 0 Å². The van der Waals surface area contributed by atoms with Crippen molar-refractivity contribution in [2.45, 2.75) is 33.4 Å². The largest absolute Gasteiger partial charge is 0.322 e. The second-order valence-electron chi connectivity index (χ2n) is 9.83. The summed E-state index contributed by atoms with van der Waals surface area (Å²) in [5.74, 6) is 0.528. The number of halogens is 1. The minimum atomic E-state index is -0.525. The van der Waals surface area contributed by atoms with Crippen LogP contribution in [0.25, 0.3) is 11.5 Å². The molecule has 190 valence electrons. The van der Waals surface area contributed by atoms with Crippen molar-refractivity contribution in [3.8, 4) is 11.5 Å². The maximum absolute atomic E-state index is 14.5. The summed E-state index contributed by atoms with van der Waals surface area (Å²) in [7, 11) is 0. The maximum Gasteiger partial charge on any atom is 0.322 e. The van der Waals surface area contributed by atoms with E-state index in [-0.39, 0.29) is 11.8 Å². The molecule has 0 radical (unpaired) electrons. The number of hydrogen-bond acceptors (Lipinski definition) is 2. The maximum atomic E-state index is 14.5. The van der Waals surface area contributed by atoms with Crippen LogP contribution in [0.5, 0.6) is 0 Å². The fraction of sp³-hybridized carbons (Fsp3) is 0.161. The Labute approximate surface area is 221 Å². The molecule has 1 atom stereocenters. The van der Waals surface area contributed by atoms with E-state index in [4.69, 9.17) is 5.10 Å². The van der Waals surface area contributed by atoms with Crippen LogP contribution in [0.2, 0.25) is 0 Å². The van der Waals surface area contributed by atoms with Gasteiger partial charge in [0, 0.05) is 17.4 Å². The molecule has 0 bridgehead atoms. The standard InChI is InChI=1S/C31H28FN5O/c1-20-15-21(2)17-25(16-20)33-31(38)36-19-27-22(3)34-37(26-11-5-4-6-12-26)30(27)35-14-8-13-28(35)29(36)23-9-7-10-24(32)18-23/h4-18,29H,19H2,1-3H3,(H,33,38)/t29-/m0/s1. The highest BCUT2D eigenvalue weighted by molar-refractivity contribution is 5.90. The summed E-state index contributed by atoms with van der Waals surface area (Å²) >= 11 is 0. The smallest absolute Gasteiger partial charge is 0.308 e. The Morgan fingerprint density at radius 2 is 1.68 bits per heavy atom. The second-order valence-corrected chi connectivity index (χ2v) is 9.83. The number of carbonyl (C=O) groups is 1. The summed E-state index contributed by atoms with van der Waals surface area (Å²) in [5.41, 5.74) is 7.08. The van der Waals surface area contributed by atoms with Crippen LogP contribution in [0.15, 0.2) is 91.1 Å². The second kappa shape index (κ2) is 9.34. The minimum absolute atomic E-state index is 0.267. The van der Waals surface area contributed by atoms with Crippen LogP contribution in [0.3, 0.4) is 0 Å². The number of amides is 2. The third kappa shape index (κ3) is 4.16. The lowest BCUT2D eigenvalue weighted by atomic mass is 10.0. The zero-order valence-corrected chi connectivity index (χ0v) is 21.5. The number of carbonyl (C=O) groups excluding carboxylic acids is 1. The number of hydrogen-bond donors (Lipinski definition) is 1. The van der Waals surface area contributed by atoms with Gasteiger partial charge in [0.15, 0.2) is 0 Å². The van der Waals surface area contributed by atoms with Gasteiger partial charge < -0.3 is 14.8 Å². The van der Waals surface area contributed by atoms with Crippen molar-refractivity contribution >= 4 is 11.7 Å². The predicted octanol–water partition coefficient (Wildman–Crippen LogP) is 6.86. The SMILES string of the molecule is Cc1cc(C)cc(NC(=O)N2Cc3c(C)nn(-c4ccccc4)c3-n3cccc3[C@@H]2c2cccc(F)c2)c1.